The van der Waals surface area contributed by atoms with E-state index in [0.29, 0.717) is 0 Å². The van der Waals surface area contributed by atoms with Gasteiger partial charge in [0, 0.05) is 12.4 Å². The molecule has 2 aromatic rings. The molecular formula is C6H3F3N4. The van der Waals surface area contributed by atoms with Gasteiger partial charge in [-0.05, 0) is 0 Å². The summed E-state index contributed by atoms with van der Waals surface area (Å²) in [6.45, 7) is 0. The van der Waals surface area contributed by atoms with E-state index in [9.17, 15) is 13.2 Å². The van der Waals surface area contributed by atoms with Gasteiger partial charge in [0.2, 0.25) is 5.82 Å². The summed E-state index contributed by atoms with van der Waals surface area (Å²) >= 11 is 0. The molecule has 0 aliphatic carbocycles. The molecule has 2 heterocycles. The van der Waals surface area contributed by atoms with Gasteiger partial charge >= 0.3 is 6.18 Å². The van der Waals surface area contributed by atoms with Crippen molar-refractivity contribution in [3.63, 3.8) is 0 Å². The van der Waals surface area contributed by atoms with E-state index in [4.69, 9.17) is 0 Å². The second kappa shape index (κ2) is 2.41. The summed E-state index contributed by atoms with van der Waals surface area (Å²) in [5.41, 5.74) is 0.00431. The van der Waals surface area contributed by atoms with Gasteiger partial charge in [0.25, 0.3) is 0 Å². The van der Waals surface area contributed by atoms with Crippen LogP contribution in [0.25, 0.3) is 11.3 Å². The number of fused-ring (bicyclic) bond motifs is 1. The number of alkyl halides is 3. The zero-order valence-corrected chi connectivity index (χ0v) is 6.13. The summed E-state index contributed by atoms with van der Waals surface area (Å²) < 4.78 is 36.2. The molecule has 13 heavy (non-hydrogen) atoms. The van der Waals surface area contributed by atoms with Gasteiger partial charge in [0.15, 0.2) is 11.3 Å². The summed E-state index contributed by atoms with van der Waals surface area (Å²) in [5.74, 6) is -1.08. The minimum absolute atomic E-state index is 0.0326. The minimum Gasteiger partial charge on any atom is -0.318 e. The standard InChI is InChI=1S/C6H3F3N4/c7-6(8,9)5-12-3-4(13-5)11-2-1-10-3/h1-2H,(H,10,11,12,13). The van der Waals surface area contributed by atoms with Crippen molar-refractivity contribution in [3.05, 3.63) is 18.2 Å². The van der Waals surface area contributed by atoms with Crippen molar-refractivity contribution in [2.75, 3.05) is 0 Å². The van der Waals surface area contributed by atoms with Gasteiger partial charge in [-0.3, -0.25) is 0 Å². The first kappa shape index (κ1) is 7.96. The van der Waals surface area contributed by atoms with Crippen LogP contribution in [0.15, 0.2) is 12.4 Å². The zero-order chi connectivity index (χ0) is 9.47. The molecule has 0 saturated heterocycles. The summed E-state index contributed by atoms with van der Waals surface area (Å²) in [6, 6.07) is 0. The fourth-order valence-corrected chi connectivity index (χ4v) is 0.881. The minimum atomic E-state index is -4.48. The van der Waals surface area contributed by atoms with Crippen LogP contribution in [0.4, 0.5) is 13.2 Å². The molecule has 0 amide bonds. The molecule has 0 spiro atoms. The molecule has 0 fully saturated rings. The van der Waals surface area contributed by atoms with Crippen molar-refractivity contribution >= 4 is 11.3 Å². The maximum Gasteiger partial charge on any atom is 0.449 e. The van der Waals surface area contributed by atoms with E-state index in [1.807, 2.05) is 4.98 Å². The van der Waals surface area contributed by atoms with Crippen LogP contribution in [0.2, 0.25) is 0 Å². The molecule has 0 bridgehead atoms. The number of aromatic nitrogens is 4. The number of nitrogens with one attached hydrogen (secondary N) is 1. The normalized spacial score (nSPS) is 12.2. The Morgan fingerprint density at radius 1 is 1.15 bits per heavy atom. The molecule has 0 aliphatic rings. The molecule has 2 aromatic heterocycles. The van der Waals surface area contributed by atoms with E-state index >= 15 is 0 Å². The number of hydrogen-bond donors (Lipinski definition) is 1. The van der Waals surface area contributed by atoms with E-state index in [1.165, 1.54) is 12.4 Å². The van der Waals surface area contributed by atoms with Crippen molar-refractivity contribution in [3.8, 4) is 0 Å². The Kier molecular flexibility index (Phi) is 1.48. The van der Waals surface area contributed by atoms with Crippen LogP contribution >= 0.6 is 0 Å². The lowest BCUT2D eigenvalue weighted by molar-refractivity contribution is -0.144. The SMILES string of the molecule is FC(F)(F)c1nc2nccnc2[nH]1. The van der Waals surface area contributed by atoms with Crippen molar-refractivity contribution in [1.29, 1.82) is 0 Å². The van der Waals surface area contributed by atoms with E-state index in [-0.39, 0.29) is 11.3 Å². The lowest BCUT2D eigenvalue weighted by Gasteiger charge is -1.98. The van der Waals surface area contributed by atoms with Gasteiger partial charge in [0.1, 0.15) is 0 Å². The number of H-pyrrole nitrogens is 1. The van der Waals surface area contributed by atoms with E-state index in [1.54, 1.807) is 0 Å². The fraction of sp³-hybridized carbons (Fsp3) is 0.167. The van der Waals surface area contributed by atoms with E-state index in [2.05, 4.69) is 15.0 Å². The molecule has 0 saturated carbocycles. The van der Waals surface area contributed by atoms with Gasteiger partial charge in [0.05, 0.1) is 0 Å². The smallest absolute Gasteiger partial charge is 0.318 e. The first-order chi connectivity index (χ1) is 6.07. The number of imidazole rings is 1. The largest absolute Gasteiger partial charge is 0.449 e. The van der Waals surface area contributed by atoms with Gasteiger partial charge in [-0.15, -0.1) is 0 Å². The third-order valence-corrected chi connectivity index (χ3v) is 1.40. The first-order valence-electron chi connectivity index (χ1n) is 3.31. The monoisotopic (exact) mass is 188 g/mol. The fourth-order valence-electron chi connectivity index (χ4n) is 0.881. The Labute approximate surface area is 69.8 Å². The molecule has 0 aromatic carbocycles. The highest BCUT2D eigenvalue weighted by Gasteiger charge is 2.35. The molecule has 0 atom stereocenters. The molecule has 2 rings (SSSR count). The van der Waals surface area contributed by atoms with Crippen LogP contribution in [0.5, 0.6) is 0 Å². The van der Waals surface area contributed by atoms with Gasteiger partial charge in [-0.2, -0.15) is 13.2 Å². The highest BCUT2D eigenvalue weighted by molar-refractivity contribution is 5.64. The topological polar surface area (TPSA) is 54.5 Å². The van der Waals surface area contributed by atoms with E-state index < -0.39 is 12.0 Å². The van der Waals surface area contributed by atoms with Gasteiger partial charge < -0.3 is 4.98 Å². The predicted molar refractivity (Wildman–Crippen MR) is 36.7 cm³/mol. The predicted octanol–water partition coefficient (Wildman–Crippen LogP) is 1.37. The first-order valence-corrected chi connectivity index (χ1v) is 3.31. The van der Waals surface area contributed by atoms with Crippen LogP contribution in [-0.2, 0) is 6.18 Å². The molecule has 0 aliphatic heterocycles. The molecule has 68 valence electrons. The number of nitrogens with zero attached hydrogens (tertiary/aromatic N) is 3. The second-order valence-electron chi connectivity index (χ2n) is 2.31. The molecule has 0 unspecified atom stereocenters. The number of halogens is 3. The van der Waals surface area contributed by atoms with Crippen LogP contribution in [-0.4, -0.2) is 19.9 Å². The highest BCUT2D eigenvalue weighted by atomic mass is 19.4. The summed E-state index contributed by atoms with van der Waals surface area (Å²) in [7, 11) is 0. The maximum atomic E-state index is 12.1. The molecule has 7 heteroatoms. The quantitative estimate of drug-likeness (QED) is 0.679. The highest BCUT2D eigenvalue weighted by Crippen LogP contribution is 2.27. The van der Waals surface area contributed by atoms with Crippen molar-refractivity contribution in [2.45, 2.75) is 6.18 Å². The Morgan fingerprint density at radius 3 is 2.46 bits per heavy atom. The lowest BCUT2D eigenvalue weighted by Crippen LogP contribution is -2.06. The number of rotatable bonds is 0. The molecule has 0 radical (unpaired) electrons. The van der Waals surface area contributed by atoms with Crippen molar-refractivity contribution < 1.29 is 13.2 Å². The average molecular weight is 188 g/mol. The Bertz CT molecular complexity index is 400. The molecule has 1 N–H and O–H groups in total. The van der Waals surface area contributed by atoms with Crippen LogP contribution < -0.4 is 0 Å². The van der Waals surface area contributed by atoms with E-state index in [0.717, 1.165) is 0 Å². The number of aromatic amines is 1. The summed E-state index contributed by atoms with van der Waals surface area (Å²) in [4.78, 5) is 12.5. The second-order valence-corrected chi connectivity index (χ2v) is 2.31. The molecular weight excluding hydrogens is 185 g/mol. The third kappa shape index (κ3) is 1.32. The summed E-state index contributed by atoms with van der Waals surface area (Å²) in [5, 5.41) is 0. The maximum absolute atomic E-state index is 12.1. The van der Waals surface area contributed by atoms with Crippen LogP contribution in [0.1, 0.15) is 5.82 Å². The third-order valence-electron chi connectivity index (χ3n) is 1.40. The van der Waals surface area contributed by atoms with Crippen molar-refractivity contribution in [1.82, 2.24) is 19.9 Å². The summed E-state index contributed by atoms with van der Waals surface area (Å²) in [6.07, 6.45) is -1.91. The van der Waals surface area contributed by atoms with Gasteiger partial charge in [-0.25, -0.2) is 15.0 Å². The Morgan fingerprint density at radius 2 is 1.85 bits per heavy atom. The lowest BCUT2D eigenvalue weighted by atomic mass is 10.6. The number of hydrogen-bond acceptors (Lipinski definition) is 3. The zero-order valence-electron chi connectivity index (χ0n) is 6.13. The van der Waals surface area contributed by atoms with Crippen LogP contribution in [0.3, 0.4) is 0 Å². The molecule has 4 nitrogen and oxygen atoms in total. The van der Waals surface area contributed by atoms with Gasteiger partial charge in [-0.1, -0.05) is 0 Å². The average Bonchev–Trinajstić information content (AvgIpc) is 2.45. The van der Waals surface area contributed by atoms with Crippen molar-refractivity contribution in [2.24, 2.45) is 0 Å². The van der Waals surface area contributed by atoms with Crippen LogP contribution in [0, 0.1) is 0 Å². The Balaban J connectivity index is 2.63. The Hall–Kier alpha value is -1.66.